The monoisotopic (exact) mass is 188 g/mol. The molecule has 5 heteroatoms. The van der Waals surface area contributed by atoms with Gasteiger partial charge in [-0.2, -0.15) is 5.26 Å². The number of aliphatic hydroxyl groups is 3. The quantitative estimate of drug-likeness (QED) is 0.411. The first-order valence-corrected chi connectivity index (χ1v) is 4.18. The average Bonchev–Trinajstić information content (AvgIpc) is 2.21. The van der Waals surface area contributed by atoms with Crippen LogP contribution >= 0.6 is 0 Å². The first-order valence-electron chi connectivity index (χ1n) is 4.18. The van der Waals surface area contributed by atoms with Crippen LogP contribution in [0, 0.1) is 11.3 Å². The van der Waals surface area contributed by atoms with Crippen molar-refractivity contribution >= 4 is 0 Å². The fourth-order valence-electron chi connectivity index (χ4n) is 0.882. The maximum atomic E-state index is 8.92. The maximum Gasteiger partial charge on any atom is 0.0956 e. The van der Waals surface area contributed by atoms with Crippen LogP contribution in [0.5, 0.6) is 0 Å². The number of nitrogens with one attached hydrogen (secondary N) is 1. The van der Waals surface area contributed by atoms with Crippen molar-refractivity contribution in [1.29, 1.82) is 5.26 Å². The molecule has 76 valence electrons. The molecule has 0 spiro atoms. The predicted octanol–water partition coefficient (Wildman–Crippen LogP) is -1.41. The van der Waals surface area contributed by atoms with Crippen molar-refractivity contribution in [1.82, 2.24) is 5.32 Å². The van der Waals surface area contributed by atoms with Crippen LogP contribution in [0.25, 0.3) is 0 Å². The van der Waals surface area contributed by atoms with Gasteiger partial charge in [0.15, 0.2) is 0 Å². The molecule has 0 saturated carbocycles. The van der Waals surface area contributed by atoms with E-state index in [0.717, 1.165) is 0 Å². The van der Waals surface area contributed by atoms with Gasteiger partial charge in [0.2, 0.25) is 0 Å². The molecular formula is C8H16N2O3. The van der Waals surface area contributed by atoms with E-state index in [1.807, 2.05) is 6.07 Å². The summed E-state index contributed by atoms with van der Waals surface area (Å²) in [5.74, 6) is 0. The molecule has 0 aliphatic carbocycles. The molecule has 1 unspecified atom stereocenters. The molecule has 0 aliphatic rings. The van der Waals surface area contributed by atoms with E-state index in [-0.39, 0.29) is 0 Å². The van der Waals surface area contributed by atoms with Crippen LogP contribution in [-0.4, -0.2) is 46.7 Å². The summed E-state index contributed by atoms with van der Waals surface area (Å²) in [5, 5.41) is 38.1. The molecule has 4 N–H and O–H groups in total. The highest BCUT2D eigenvalue weighted by Gasteiger charge is 2.29. The molecule has 0 aromatic carbocycles. The zero-order valence-corrected chi connectivity index (χ0v) is 7.69. The largest absolute Gasteiger partial charge is 0.394 e. The summed E-state index contributed by atoms with van der Waals surface area (Å²) in [6.07, 6.45) is 0.554. The van der Waals surface area contributed by atoms with Crippen LogP contribution in [0.1, 0.15) is 13.3 Å². The Bertz CT molecular complexity index is 166. The Balaban J connectivity index is 4.32. The fourth-order valence-corrected chi connectivity index (χ4v) is 0.882. The summed E-state index contributed by atoms with van der Waals surface area (Å²) >= 11 is 0. The van der Waals surface area contributed by atoms with Crippen molar-refractivity contribution in [2.75, 3.05) is 19.8 Å². The molecule has 0 aromatic heterocycles. The lowest BCUT2D eigenvalue weighted by molar-refractivity contribution is 0.0381. The molecular weight excluding hydrogens is 172 g/mol. The van der Waals surface area contributed by atoms with Gasteiger partial charge in [0, 0.05) is 0 Å². The van der Waals surface area contributed by atoms with Gasteiger partial charge in [0.05, 0.1) is 37.5 Å². The normalized spacial score (nSPS) is 13.8. The zero-order chi connectivity index (χ0) is 10.3. The lowest BCUT2D eigenvalue weighted by atomic mass is 10.0. The van der Waals surface area contributed by atoms with Crippen molar-refractivity contribution in [2.24, 2.45) is 0 Å². The highest BCUT2D eigenvalue weighted by atomic mass is 16.3. The van der Waals surface area contributed by atoms with Crippen molar-refractivity contribution in [3.05, 3.63) is 0 Å². The van der Waals surface area contributed by atoms with E-state index in [2.05, 4.69) is 5.32 Å². The maximum absolute atomic E-state index is 8.92. The van der Waals surface area contributed by atoms with Gasteiger partial charge in [-0.3, -0.25) is 5.32 Å². The number of nitriles is 1. The van der Waals surface area contributed by atoms with Gasteiger partial charge < -0.3 is 15.3 Å². The average molecular weight is 188 g/mol. The first kappa shape index (κ1) is 12.3. The second-order valence-electron chi connectivity index (χ2n) is 2.99. The summed E-state index contributed by atoms with van der Waals surface area (Å²) in [4.78, 5) is 0. The van der Waals surface area contributed by atoms with Crippen molar-refractivity contribution in [3.8, 4) is 6.07 Å². The second kappa shape index (κ2) is 5.89. The fraction of sp³-hybridized carbons (Fsp3) is 0.875. The highest BCUT2D eigenvalue weighted by molar-refractivity contribution is 4.97. The van der Waals surface area contributed by atoms with E-state index >= 15 is 0 Å². The van der Waals surface area contributed by atoms with E-state index in [0.29, 0.717) is 6.42 Å². The molecule has 0 heterocycles. The van der Waals surface area contributed by atoms with Gasteiger partial charge in [-0.1, -0.05) is 6.92 Å². The molecule has 0 saturated heterocycles. The third kappa shape index (κ3) is 3.28. The van der Waals surface area contributed by atoms with Crippen LogP contribution in [-0.2, 0) is 0 Å². The SMILES string of the molecule is CCC(C#N)NC(CO)(CO)CO. The van der Waals surface area contributed by atoms with Crippen LogP contribution in [0.4, 0.5) is 0 Å². The van der Waals surface area contributed by atoms with Gasteiger partial charge in [-0.15, -0.1) is 0 Å². The van der Waals surface area contributed by atoms with Gasteiger partial charge in [0.25, 0.3) is 0 Å². The van der Waals surface area contributed by atoms with E-state index in [9.17, 15) is 0 Å². The van der Waals surface area contributed by atoms with E-state index in [1.54, 1.807) is 6.92 Å². The van der Waals surface area contributed by atoms with Gasteiger partial charge >= 0.3 is 0 Å². The lowest BCUT2D eigenvalue weighted by Gasteiger charge is -2.30. The first-order chi connectivity index (χ1) is 6.17. The minimum Gasteiger partial charge on any atom is -0.394 e. The summed E-state index contributed by atoms with van der Waals surface area (Å²) in [6, 6.07) is 1.50. The van der Waals surface area contributed by atoms with Crippen LogP contribution < -0.4 is 5.32 Å². The molecule has 0 amide bonds. The van der Waals surface area contributed by atoms with Gasteiger partial charge in [-0.05, 0) is 6.42 Å². The number of hydrogen-bond donors (Lipinski definition) is 4. The standard InChI is InChI=1S/C8H16N2O3/c1-2-7(3-9)10-8(4-11,5-12)6-13/h7,10-13H,2,4-6H2,1H3. The van der Waals surface area contributed by atoms with Crippen LogP contribution in [0.3, 0.4) is 0 Å². The molecule has 1 atom stereocenters. The Morgan fingerprint density at radius 3 is 2.00 bits per heavy atom. The number of aliphatic hydroxyl groups excluding tert-OH is 3. The summed E-state index contributed by atoms with van der Waals surface area (Å²) in [6.45, 7) is 0.590. The predicted molar refractivity (Wildman–Crippen MR) is 46.8 cm³/mol. The third-order valence-corrected chi connectivity index (χ3v) is 1.95. The molecule has 0 aliphatic heterocycles. The number of nitrogens with zero attached hydrogens (tertiary/aromatic N) is 1. The topological polar surface area (TPSA) is 96.5 Å². The third-order valence-electron chi connectivity index (χ3n) is 1.95. The number of hydrogen-bond acceptors (Lipinski definition) is 5. The lowest BCUT2D eigenvalue weighted by Crippen LogP contribution is -2.58. The van der Waals surface area contributed by atoms with Crippen LogP contribution in [0.2, 0.25) is 0 Å². The molecule has 0 aromatic rings. The second-order valence-corrected chi connectivity index (χ2v) is 2.99. The van der Waals surface area contributed by atoms with Gasteiger partial charge in [0.1, 0.15) is 0 Å². The molecule has 0 bridgehead atoms. The molecule has 0 rings (SSSR count). The Hall–Kier alpha value is -0.670. The molecule has 0 fully saturated rings. The van der Waals surface area contributed by atoms with E-state index in [4.69, 9.17) is 20.6 Å². The molecule has 13 heavy (non-hydrogen) atoms. The van der Waals surface area contributed by atoms with E-state index in [1.165, 1.54) is 0 Å². The molecule has 5 nitrogen and oxygen atoms in total. The summed E-state index contributed by atoms with van der Waals surface area (Å²) < 4.78 is 0. The van der Waals surface area contributed by atoms with Crippen molar-refractivity contribution in [3.63, 3.8) is 0 Å². The van der Waals surface area contributed by atoms with Crippen LogP contribution in [0.15, 0.2) is 0 Å². The Morgan fingerprint density at radius 2 is 1.77 bits per heavy atom. The minimum absolute atomic E-state index is 0.405. The Labute approximate surface area is 77.6 Å². The Morgan fingerprint density at radius 1 is 1.31 bits per heavy atom. The number of rotatable bonds is 6. The molecule has 0 radical (unpaired) electrons. The van der Waals surface area contributed by atoms with E-state index < -0.39 is 31.4 Å². The smallest absolute Gasteiger partial charge is 0.0956 e. The highest BCUT2D eigenvalue weighted by Crippen LogP contribution is 2.04. The van der Waals surface area contributed by atoms with Gasteiger partial charge in [-0.25, -0.2) is 0 Å². The summed E-state index contributed by atoms with van der Waals surface area (Å²) in [5.41, 5.74) is -1.16. The Kier molecular flexibility index (Phi) is 5.58. The van der Waals surface area contributed by atoms with Crippen molar-refractivity contribution in [2.45, 2.75) is 24.9 Å². The zero-order valence-electron chi connectivity index (χ0n) is 7.69. The van der Waals surface area contributed by atoms with Crippen molar-refractivity contribution < 1.29 is 15.3 Å². The summed E-state index contributed by atoms with van der Waals surface area (Å²) in [7, 11) is 0. The minimum atomic E-state index is -1.16.